The fourth-order valence-corrected chi connectivity index (χ4v) is 2.21. The van der Waals surface area contributed by atoms with Crippen LogP contribution in [0.5, 0.6) is 0 Å². The minimum absolute atomic E-state index is 0.0181. The van der Waals surface area contributed by atoms with Crippen molar-refractivity contribution in [2.24, 2.45) is 5.92 Å². The van der Waals surface area contributed by atoms with Crippen molar-refractivity contribution in [2.75, 3.05) is 17.2 Å². The Bertz CT molecular complexity index is 623. The zero-order chi connectivity index (χ0) is 15.9. The largest absolute Gasteiger partial charge is 0.385 e. The molecule has 0 aromatic heterocycles. The molecule has 0 aliphatic heterocycles. The average Bonchev–Trinajstić information content (AvgIpc) is 2.49. The van der Waals surface area contributed by atoms with Crippen LogP contribution in [0.15, 0.2) is 48.5 Å². The number of anilines is 2. The molecule has 116 valence electrons. The van der Waals surface area contributed by atoms with Gasteiger partial charge in [0.1, 0.15) is 0 Å². The Morgan fingerprint density at radius 2 is 1.77 bits per heavy atom. The van der Waals surface area contributed by atoms with Gasteiger partial charge in [0.2, 0.25) is 5.91 Å². The van der Waals surface area contributed by atoms with Crippen LogP contribution in [-0.4, -0.2) is 12.5 Å². The van der Waals surface area contributed by atoms with Gasteiger partial charge < -0.3 is 10.6 Å². The van der Waals surface area contributed by atoms with E-state index in [1.807, 2.05) is 56.3 Å². The first kappa shape index (κ1) is 16.4. The lowest BCUT2D eigenvalue weighted by atomic mass is 10.1. The number of nitrogens with one attached hydrogen (secondary N) is 2. The second-order valence-electron chi connectivity index (χ2n) is 5.53. The van der Waals surface area contributed by atoms with Gasteiger partial charge in [-0.1, -0.05) is 37.6 Å². The molecule has 0 aliphatic carbocycles. The van der Waals surface area contributed by atoms with Gasteiger partial charge in [0.05, 0.1) is 0 Å². The van der Waals surface area contributed by atoms with Crippen molar-refractivity contribution in [3.63, 3.8) is 0 Å². The van der Waals surface area contributed by atoms with Crippen molar-refractivity contribution < 1.29 is 4.79 Å². The normalized spacial score (nSPS) is 10.5. The van der Waals surface area contributed by atoms with E-state index in [2.05, 4.69) is 16.7 Å². The first-order valence-electron chi connectivity index (χ1n) is 7.44. The average molecular weight is 317 g/mol. The van der Waals surface area contributed by atoms with Gasteiger partial charge in [-0.05, 0) is 48.4 Å². The van der Waals surface area contributed by atoms with Gasteiger partial charge in [-0.25, -0.2) is 0 Å². The Labute approximate surface area is 136 Å². The standard InChI is InChI=1S/C18H21ClN2O/c1-13(2)18(22)21-17-8-6-16(7-9-17)20-11-10-14-4-3-5-15(19)12-14/h3-9,12-13,20H,10-11H2,1-2H3,(H,21,22). The maximum Gasteiger partial charge on any atom is 0.226 e. The lowest BCUT2D eigenvalue weighted by Crippen LogP contribution is -2.17. The summed E-state index contributed by atoms with van der Waals surface area (Å²) in [6.07, 6.45) is 0.909. The Kier molecular flexibility index (Phi) is 5.84. The Morgan fingerprint density at radius 3 is 2.41 bits per heavy atom. The third-order valence-corrected chi connectivity index (χ3v) is 3.54. The molecule has 0 spiro atoms. The molecule has 0 saturated carbocycles. The number of benzene rings is 2. The van der Waals surface area contributed by atoms with E-state index in [9.17, 15) is 4.79 Å². The Balaban J connectivity index is 1.82. The van der Waals surface area contributed by atoms with E-state index in [0.29, 0.717) is 0 Å². The number of halogens is 1. The van der Waals surface area contributed by atoms with Gasteiger partial charge in [-0.15, -0.1) is 0 Å². The van der Waals surface area contributed by atoms with Crippen LogP contribution in [0.1, 0.15) is 19.4 Å². The molecule has 2 aromatic carbocycles. The van der Waals surface area contributed by atoms with E-state index >= 15 is 0 Å². The molecule has 4 heteroatoms. The molecule has 2 aromatic rings. The predicted octanol–water partition coefficient (Wildman–Crippen LogP) is 4.59. The molecule has 0 heterocycles. The van der Waals surface area contributed by atoms with Crippen LogP contribution in [0.3, 0.4) is 0 Å². The summed E-state index contributed by atoms with van der Waals surface area (Å²) in [5.74, 6) is 0.0113. The predicted molar refractivity (Wildman–Crippen MR) is 93.6 cm³/mol. The minimum atomic E-state index is -0.0181. The molecule has 2 rings (SSSR count). The Hall–Kier alpha value is -2.00. The van der Waals surface area contributed by atoms with Gasteiger partial charge in [-0.2, -0.15) is 0 Å². The zero-order valence-corrected chi connectivity index (χ0v) is 13.7. The van der Waals surface area contributed by atoms with E-state index < -0.39 is 0 Å². The first-order chi connectivity index (χ1) is 10.5. The fraction of sp³-hybridized carbons (Fsp3) is 0.278. The molecule has 0 bridgehead atoms. The molecule has 0 radical (unpaired) electrons. The van der Waals surface area contributed by atoms with Gasteiger partial charge in [-0.3, -0.25) is 4.79 Å². The third kappa shape index (κ3) is 5.08. The molecule has 0 unspecified atom stereocenters. The van der Waals surface area contributed by atoms with Gasteiger partial charge in [0.15, 0.2) is 0 Å². The van der Waals surface area contributed by atoms with Crippen molar-refractivity contribution in [3.05, 3.63) is 59.1 Å². The molecule has 0 aliphatic rings. The minimum Gasteiger partial charge on any atom is -0.385 e. The highest BCUT2D eigenvalue weighted by Gasteiger charge is 2.06. The number of rotatable bonds is 6. The highest BCUT2D eigenvalue weighted by atomic mass is 35.5. The topological polar surface area (TPSA) is 41.1 Å². The molecule has 0 fully saturated rings. The van der Waals surface area contributed by atoms with Crippen LogP contribution in [0.25, 0.3) is 0 Å². The summed E-state index contributed by atoms with van der Waals surface area (Å²) < 4.78 is 0. The van der Waals surface area contributed by atoms with Crippen LogP contribution in [0.2, 0.25) is 5.02 Å². The fourth-order valence-electron chi connectivity index (χ4n) is 2.00. The van der Waals surface area contributed by atoms with Crippen molar-refractivity contribution in [2.45, 2.75) is 20.3 Å². The lowest BCUT2D eigenvalue weighted by Gasteiger charge is -2.10. The van der Waals surface area contributed by atoms with E-state index in [4.69, 9.17) is 11.6 Å². The van der Waals surface area contributed by atoms with Crippen LogP contribution >= 0.6 is 11.6 Å². The monoisotopic (exact) mass is 316 g/mol. The molecule has 1 amide bonds. The molecule has 2 N–H and O–H groups in total. The molecular weight excluding hydrogens is 296 g/mol. The van der Waals surface area contributed by atoms with Crippen LogP contribution in [0.4, 0.5) is 11.4 Å². The van der Waals surface area contributed by atoms with Crippen LogP contribution < -0.4 is 10.6 Å². The summed E-state index contributed by atoms with van der Waals surface area (Å²) in [7, 11) is 0. The molecule has 3 nitrogen and oxygen atoms in total. The number of hydrogen-bond acceptors (Lipinski definition) is 2. The lowest BCUT2D eigenvalue weighted by molar-refractivity contribution is -0.118. The quantitative estimate of drug-likeness (QED) is 0.818. The summed E-state index contributed by atoms with van der Waals surface area (Å²) in [6, 6.07) is 15.6. The maximum absolute atomic E-state index is 11.6. The second-order valence-corrected chi connectivity index (χ2v) is 5.96. The van der Waals surface area contributed by atoms with Crippen molar-refractivity contribution in [1.29, 1.82) is 0 Å². The number of carbonyl (C=O) groups is 1. The van der Waals surface area contributed by atoms with Crippen molar-refractivity contribution in [3.8, 4) is 0 Å². The highest BCUT2D eigenvalue weighted by Crippen LogP contribution is 2.15. The molecule has 0 atom stereocenters. The smallest absolute Gasteiger partial charge is 0.226 e. The summed E-state index contributed by atoms with van der Waals surface area (Å²) in [5, 5.41) is 7.00. The van der Waals surface area contributed by atoms with Crippen LogP contribution in [0, 0.1) is 5.92 Å². The van der Waals surface area contributed by atoms with Crippen LogP contribution in [-0.2, 0) is 11.2 Å². The molecule has 22 heavy (non-hydrogen) atoms. The van der Waals surface area contributed by atoms with Gasteiger partial charge >= 0.3 is 0 Å². The second kappa shape index (κ2) is 7.85. The maximum atomic E-state index is 11.6. The number of amides is 1. The SMILES string of the molecule is CC(C)C(=O)Nc1ccc(NCCc2cccc(Cl)c2)cc1. The van der Waals surface area contributed by atoms with E-state index in [1.54, 1.807) is 0 Å². The van der Waals surface area contributed by atoms with E-state index in [0.717, 1.165) is 29.4 Å². The zero-order valence-electron chi connectivity index (χ0n) is 12.9. The summed E-state index contributed by atoms with van der Waals surface area (Å²) in [4.78, 5) is 11.6. The van der Waals surface area contributed by atoms with E-state index in [-0.39, 0.29) is 11.8 Å². The van der Waals surface area contributed by atoms with Crippen molar-refractivity contribution >= 4 is 28.9 Å². The first-order valence-corrected chi connectivity index (χ1v) is 7.81. The third-order valence-electron chi connectivity index (χ3n) is 3.31. The van der Waals surface area contributed by atoms with Gasteiger partial charge in [0, 0.05) is 28.9 Å². The van der Waals surface area contributed by atoms with Gasteiger partial charge in [0.25, 0.3) is 0 Å². The number of hydrogen-bond donors (Lipinski definition) is 2. The summed E-state index contributed by atoms with van der Waals surface area (Å²) >= 11 is 5.97. The van der Waals surface area contributed by atoms with Crippen molar-refractivity contribution in [1.82, 2.24) is 0 Å². The number of carbonyl (C=O) groups excluding carboxylic acids is 1. The summed E-state index contributed by atoms with van der Waals surface area (Å²) in [5.41, 5.74) is 3.06. The molecule has 0 saturated heterocycles. The Morgan fingerprint density at radius 1 is 1.09 bits per heavy atom. The summed E-state index contributed by atoms with van der Waals surface area (Å²) in [6.45, 7) is 4.58. The highest BCUT2D eigenvalue weighted by molar-refractivity contribution is 6.30. The molecular formula is C18H21ClN2O. The van der Waals surface area contributed by atoms with E-state index in [1.165, 1.54) is 5.56 Å².